The van der Waals surface area contributed by atoms with E-state index in [1.165, 1.54) is 7.11 Å². The zero-order chi connectivity index (χ0) is 11.0. The Morgan fingerprint density at radius 3 is 1.93 bits per heavy atom. The third-order valence-electron chi connectivity index (χ3n) is 1.99. The van der Waals surface area contributed by atoms with Gasteiger partial charge in [-0.2, -0.15) is 0 Å². The average molecular weight is 192 g/mol. The molecule has 2 nitrogen and oxygen atoms in total. The molecule has 0 unspecified atom stereocenters. The van der Waals surface area contributed by atoms with Crippen LogP contribution in [0.1, 0.15) is 33.6 Å². The van der Waals surface area contributed by atoms with E-state index in [0.29, 0.717) is 12.8 Å². The van der Waals surface area contributed by atoms with Gasteiger partial charge in [0.15, 0.2) is 0 Å². The Labute approximate surface area is 86.0 Å². The first-order chi connectivity index (χ1) is 6.60. The van der Waals surface area contributed by atoms with Gasteiger partial charge in [0.1, 0.15) is 0 Å². The minimum Gasteiger partial charge on any atom is -0.469 e. The first-order valence-electron chi connectivity index (χ1n) is 4.48. The lowest BCUT2D eigenvalue weighted by molar-refractivity contribution is -0.151. The van der Waals surface area contributed by atoms with Crippen LogP contribution in [0, 0.1) is 29.1 Å². The molecule has 0 aromatic heterocycles. The van der Waals surface area contributed by atoms with Crippen molar-refractivity contribution in [2.75, 3.05) is 7.11 Å². The maximum atomic E-state index is 11.5. The average Bonchev–Trinajstić information content (AvgIpc) is 2.22. The Morgan fingerprint density at radius 1 is 1.21 bits per heavy atom. The largest absolute Gasteiger partial charge is 0.469 e. The molecule has 0 amide bonds. The highest BCUT2D eigenvalue weighted by atomic mass is 16.5. The summed E-state index contributed by atoms with van der Waals surface area (Å²) in [6.07, 6.45) is 0.982. The van der Waals surface area contributed by atoms with E-state index >= 15 is 0 Å². The number of rotatable bonds is 3. The minimum atomic E-state index is -0.596. The summed E-state index contributed by atoms with van der Waals surface area (Å²) in [5.41, 5.74) is -0.596. The predicted octanol–water partition coefficient (Wildman–Crippen LogP) is 1.99. The van der Waals surface area contributed by atoms with Crippen molar-refractivity contribution in [3.05, 3.63) is 0 Å². The summed E-state index contributed by atoms with van der Waals surface area (Å²) in [5.74, 6) is 11.1. The maximum Gasteiger partial charge on any atom is 0.313 e. The van der Waals surface area contributed by atoms with Crippen LogP contribution in [0.3, 0.4) is 0 Å². The lowest BCUT2D eigenvalue weighted by atomic mass is 9.84. The number of hydrogen-bond donors (Lipinski definition) is 0. The zero-order valence-electron chi connectivity index (χ0n) is 9.23. The van der Waals surface area contributed by atoms with Gasteiger partial charge < -0.3 is 4.74 Å². The van der Waals surface area contributed by atoms with E-state index in [1.54, 1.807) is 13.8 Å². The zero-order valence-corrected chi connectivity index (χ0v) is 9.23. The lowest BCUT2D eigenvalue weighted by Gasteiger charge is -2.21. The number of carbonyl (C=O) groups is 1. The third kappa shape index (κ3) is 3.54. The SMILES string of the molecule is CC#CCC(C)(CC#CC)C(=O)OC. The molecular weight excluding hydrogens is 176 g/mol. The molecule has 0 saturated heterocycles. The van der Waals surface area contributed by atoms with Crippen LogP contribution in [-0.2, 0) is 9.53 Å². The predicted molar refractivity (Wildman–Crippen MR) is 56.3 cm³/mol. The normalized spacial score (nSPS) is 9.14. The quantitative estimate of drug-likeness (QED) is 0.505. The van der Waals surface area contributed by atoms with E-state index in [0.717, 1.165) is 0 Å². The molecule has 14 heavy (non-hydrogen) atoms. The number of hydrogen-bond acceptors (Lipinski definition) is 2. The van der Waals surface area contributed by atoms with Gasteiger partial charge in [0, 0.05) is 12.8 Å². The fraction of sp³-hybridized carbons (Fsp3) is 0.583. The smallest absolute Gasteiger partial charge is 0.313 e. The van der Waals surface area contributed by atoms with E-state index in [9.17, 15) is 4.79 Å². The second-order valence-corrected chi connectivity index (χ2v) is 3.26. The van der Waals surface area contributed by atoms with Gasteiger partial charge in [0.25, 0.3) is 0 Å². The molecule has 0 radical (unpaired) electrons. The van der Waals surface area contributed by atoms with Gasteiger partial charge in [-0.3, -0.25) is 4.79 Å². The molecule has 76 valence electrons. The fourth-order valence-corrected chi connectivity index (χ4v) is 1.02. The van der Waals surface area contributed by atoms with Crippen molar-refractivity contribution >= 4 is 5.97 Å². The summed E-state index contributed by atoms with van der Waals surface area (Å²) >= 11 is 0. The van der Waals surface area contributed by atoms with Crippen molar-refractivity contribution in [1.29, 1.82) is 0 Å². The minimum absolute atomic E-state index is 0.247. The highest BCUT2D eigenvalue weighted by Crippen LogP contribution is 2.26. The monoisotopic (exact) mass is 192 g/mol. The van der Waals surface area contributed by atoms with Crippen LogP contribution in [0.5, 0.6) is 0 Å². The molecule has 0 aliphatic heterocycles. The number of ether oxygens (including phenoxy) is 1. The molecule has 0 heterocycles. The first-order valence-corrected chi connectivity index (χ1v) is 4.48. The Kier molecular flexibility index (Phi) is 5.49. The second kappa shape index (κ2) is 6.11. The molecule has 2 heteroatoms. The molecule has 0 aromatic rings. The standard InChI is InChI=1S/C12H16O2/c1-5-7-9-12(3,10-8-6-2)11(13)14-4/h9-10H2,1-4H3. The van der Waals surface area contributed by atoms with Crippen LogP contribution in [0.2, 0.25) is 0 Å². The van der Waals surface area contributed by atoms with Crippen LogP contribution < -0.4 is 0 Å². The van der Waals surface area contributed by atoms with Crippen molar-refractivity contribution in [2.45, 2.75) is 33.6 Å². The summed E-state index contributed by atoms with van der Waals surface area (Å²) in [7, 11) is 1.39. The van der Waals surface area contributed by atoms with Crippen molar-refractivity contribution in [3.8, 4) is 23.7 Å². The van der Waals surface area contributed by atoms with Crippen molar-refractivity contribution in [2.24, 2.45) is 5.41 Å². The molecule has 0 bridgehead atoms. The van der Waals surface area contributed by atoms with Gasteiger partial charge in [-0.1, -0.05) is 0 Å². The van der Waals surface area contributed by atoms with Gasteiger partial charge in [-0.15, -0.1) is 23.7 Å². The Balaban J connectivity index is 4.67. The molecule has 0 aromatic carbocycles. The van der Waals surface area contributed by atoms with E-state index in [2.05, 4.69) is 23.7 Å². The summed E-state index contributed by atoms with van der Waals surface area (Å²) in [6.45, 7) is 5.33. The topological polar surface area (TPSA) is 26.3 Å². The molecule has 0 fully saturated rings. The summed E-state index contributed by atoms with van der Waals surface area (Å²) in [5, 5.41) is 0. The van der Waals surface area contributed by atoms with Gasteiger partial charge in [-0.25, -0.2) is 0 Å². The summed E-state index contributed by atoms with van der Waals surface area (Å²) in [6, 6.07) is 0. The molecule has 0 saturated carbocycles. The van der Waals surface area contributed by atoms with Gasteiger partial charge >= 0.3 is 5.97 Å². The maximum absolute atomic E-state index is 11.5. The highest BCUT2D eigenvalue weighted by molar-refractivity contribution is 5.77. The number of methoxy groups -OCH3 is 1. The van der Waals surface area contributed by atoms with E-state index in [4.69, 9.17) is 4.74 Å². The van der Waals surface area contributed by atoms with Crippen LogP contribution >= 0.6 is 0 Å². The number of carbonyl (C=O) groups excluding carboxylic acids is 1. The van der Waals surface area contributed by atoms with Gasteiger partial charge in [0.05, 0.1) is 12.5 Å². The molecule has 0 aliphatic carbocycles. The van der Waals surface area contributed by atoms with E-state index < -0.39 is 5.41 Å². The van der Waals surface area contributed by atoms with Gasteiger partial charge in [-0.05, 0) is 20.8 Å². The third-order valence-corrected chi connectivity index (χ3v) is 1.99. The molecule has 0 N–H and O–H groups in total. The van der Waals surface area contributed by atoms with Gasteiger partial charge in [0.2, 0.25) is 0 Å². The Morgan fingerprint density at radius 2 is 1.64 bits per heavy atom. The lowest BCUT2D eigenvalue weighted by Crippen LogP contribution is -2.28. The highest BCUT2D eigenvalue weighted by Gasteiger charge is 2.32. The van der Waals surface area contributed by atoms with Crippen LogP contribution in [0.15, 0.2) is 0 Å². The van der Waals surface area contributed by atoms with Crippen LogP contribution in [-0.4, -0.2) is 13.1 Å². The molecule has 0 spiro atoms. The summed E-state index contributed by atoms with van der Waals surface area (Å²) < 4.78 is 4.73. The molecule has 0 rings (SSSR count). The van der Waals surface area contributed by atoms with Crippen LogP contribution in [0.4, 0.5) is 0 Å². The molecule has 0 aliphatic rings. The Bertz CT molecular complexity index is 285. The van der Waals surface area contributed by atoms with Crippen molar-refractivity contribution in [1.82, 2.24) is 0 Å². The summed E-state index contributed by atoms with van der Waals surface area (Å²) in [4.78, 5) is 11.5. The molecule has 0 atom stereocenters. The molecular formula is C12H16O2. The first kappa shape index (κ1) is 12.6. The fourth-order valence-electron chi connectivity index (χ4n) is 1.02. The van der Waals surface area contributed by atoms with Crippen LogP contribution in [0.25, 0.3) is 0 Å². The number of esters is 1. The van der Waals surface area contributed by atoms with E-state index in [-0.39, 0.29) is 5.97 Å². The van der Waals surface area contributed by atoms with E-state index in [1.807, 2.05) is 6.92 Å². The van der Waals surface area contributed by atoms with Crippen molar-refractivity contribution < 1.29 is 9.53 Å². The second-order valence-electron chi connectivity index (χ2n) is 3.26. The van der Waals surface area contributed by atoms with Crippen molar-refractivity contribution in [3.63, 3.8) is 0 Å². The Hall–Kier alpha value is -1.41.